The molecule has 0 N–H and O–H groups in total. The molecule has 0 radical (unpaired) electrons. The summed E-state index contributed by atoms with van der Waals surface area (Å²) < 4.78 is 25.0. The number of hydrogen-bond donors (Lipinski definition) is 0. The van der Waals surface area contributed by atoms with Gasteiger partial charge in [0.25, 0.3) is 0 Å². The smallest absolute Gasteiger partial charge is 0.348 e. The highest BCUT2D eigenvalue weighted by Crippen LogP contribution is 2.84. The van der Waals surface area contributed by atoms with Crippen LogP contribution in [-0.2, 0) is 38.4 Å². The molecule has 0 saturated heterocycles. The first kappa shape index (κ1) is 34.9. The molecule has 0 unspecified atom stereocenters. The molecule has 0 amide bonds. The van der Waals surface area contributed by atoms with Gasteiger partial charge >= 0.3 is 11.4 Å². The molecule has 54 heavy (non-hydrogen) atoms. The first-order valence-electron chi connectivity index (χ1n) is 17.0. The normalized spacial score (nSPS) is 34.6. The Bertz CT molecular complexity index is 2410. The molecule has 278 valence electrons. The van der Waals surface area contributed by atoms with Crippen LogP contribution in [0.5, 0.6) is 0 Å². The van der Waals surface area contributed by atoms with Crippen LogP contribution < -0.4 is 0 Å². The molecular formula is C36H28Cl4N6O8. The van der Waals surface area contributed by atoms with E-state index in [9.17, 15) is 20.2 Å². The van der Waals surface area contributed by atoms with E-state index in [4.69, 9.17) is 85.3 Å². The highest BCUT2D eigenvalue weighted by molar-refractivity contribution is 6.34. The lowest BCUT2D eigenvalue weighted by Gasteiger charge is -2.49. The minimum Gasteiger partial charge on any atom is -0.349 e. The Morgan fingerprint density at radius 3 is 1.09 bits per heavy atom. The number of fused-ring (bicyclic) bond motifs is 19. The molecule has 0 aliphatic heterocycles. The van der Waals surface area contributed by atoms with Crippen LogP contribution in [0, 0.1) is 43.9 Å². The predicted molar refractivity (Wildman–Crippen MR) is 197 cm³/mol. The summed E-state index contributed by atoms with van der Waals surface area (Å²) in [6.45, 7) is 0. The van der Waals surface area contributed by atoms with E-state index in [1.807, 2.05) is 36.4 Å². The van der Waals surface area contributed by atoms with Crippen molar-refractivity contribution in [2.45, 2.75) is 43.9 Å². The van der Waals surface area contributed by atoms with Gasteiger partial charge in [0.15, 0.2) is 0 Å². The Labute approximate surface area is 325 Å². The van der Waals surface area contributed by atoms with Crippen molar-refractivity contribution in [1.82, 2.24) is 19.9 Å². The molecule has 5 aliphatic rings. The Balaban J connectivity index is 1.20. The molecule has 5 aliphatic carbocycles. The second kappa shape index (κ2) is 10.6. The highest BCUT2D eigenvalue weighted by atomic mass is 35.5. The average molecular weight is 814 g/mol. The summed E-state index contributed by atoms with van der Waals surface area (Å²) in [5, 5.41) is 25.7. The van der Waals surface area contributed by atoms with Gasteiger partial charge in [-0.15, -0.1) is 46.4 Å². The van der Waals surface area contributed by atoms with E-state index in [0.29, 0.717) is 35.3 Å². The van der Waals surface area contributed by atoms with Crippen molar-refractivity contribution in [3.8, 4) is 0 Å². The Hall–Kier alpha value is -3.60. The van der Waals surface area contributed by atoms with Gasteiger partial charge < -0.3 is 18.9 Å². The molecule has 4 bridgehead atoms. The minimum atomic E-state index is -1.77. The number of ether oxygens (including phenoxy) is 4. The van der Waals surface area contributed by atoms with Crippen LogP contribution in [0.4, 0.5) is 11.4 Å². The molecule has 8 atom stereocenters. The highest BCUT2D eigenvalue weighted by Gasteiger charge is 2.91. The predicted octanol–water partition coefficient (Wildman–Crippen LogP) is 7.27. The molecule has 2 aromatic heterocycles. The largest absolute Gasteiger partial charge is 0.349 e. The Morgan fingerprint density at radius 1 is 0.556 bits per heavy atom. The molecule has 10 rings (SSSR count). The number of halogens is 4. The lowest BCUT2D eigenvalue weighted by atomic mass is 9.59. The van der Waals surface area contributed by atoms with Gasteiger partial charge in [0.2, 0.25) is 11.6 Å². The van der Waals surface area contributed by atoms with Crippen molar-refractivity contribution >= 4 is 90.6 Å². The standard InChI is InChI=1S/C36H28Cl4N6O8/c1-51-35(52-2)31(37)17-11-19-20(12-18(17)32(35,38)28-27(31)41-21-9-15-7-5-6-8-16(15)10-22(21)42-28)34(40)30-29(33(19,39)36(34,53-3)54-4)43-23-13-25(45(47)48)26(46(49)50)14-24(23)44-30/h5-10,13-14,17-20H,11-12H2,1-4H3/t17-,18+,19+,20-,31-,32+,33+,34-. The fourth-order valence-electron chi connectivity index (χ4n) is 11.3. The van der Waals surface area contributed by atoms with E-state index in [1.165, 1.54) is 28.4 Å². The molecule has 3 fully saturated rings. The maximum Gasteiger partial charge on any atom is 0.348 e. The number of benzene rings is 3. The third-order valence-corrected chi connectivity index (χ3v) is 16.0. The topological polar surface area (TPSA) is 175 Å². The van der Waals surface area contributed by atoms with E-state index in [1.54, 1.807) is 0 Å². The zero-order valence-electron chi connectivity index (χ0n) is 28.8. The maximum absolute atomic E-state index is 11.9. The summed E-state index contributed by atoms with van der Waals surface area (Å²) in [5.41, 5.74) is 1.07. The van der Waals surface area contributed by atoms with Crippen LogP contribution in [0.25, 0.3) is 32.8 Å². The fourth-order valence-corrected chi connectivity index (χ4v) is 14.1. The number of methoxy groups -OCH3 is 4. The first-order valence-corrected chi connectivity index (χ1v) is 18.5. The molecule has 2 heterocycles. The zero-order valence-corrected chi connectivity index (χ0v) is 31.8. The lowest BCUT2D eigenvalue weighted by molar-refractivity contribution is -0.422. The van der Waals surface area contributed by atoms with E-state index in [0.717, 1.165) is 22.9 Å². The molecule has 5 aromatic rings. The third-order valence-electron chi connectivity index (χ3n) is 13.2. The lowest BCUT2D eigenvalue weighted by Crippen LogP contribution is -2.54. The molecular weight excluding hydrogens is 786 g/mol. The number of nitro groups is 2. The van der Waals surface area contributed by atoms with Crippen LogP contribution in [0.3, 0.4) is 0 Å². The Morgan fingerprint density at radius 2 is 0.833 bits per heavy atom. The van der Waals surface area contributed by atoms with Crippen molar-refractivity contribution < 1.29 is 28.8 Å². The van der Waals surface area contributed by atoms with Crippen LogP contribution in [0.15, 0.2) is 48.5 Å². The molecule has 18 heteroatoms. The van der Waals surface area contributed by atoms with Gasteiger partial charge in [-0.2, -0.15) is 0 Å². The summed E-state index contributed by atoms with van der Waals surface area (Å²) in [5.74, 6) is -5.45. The molecule has 3 saturated carbocycles. The van der Waals surface area contributed by atoms with Gasteiger partial charge in [0.1, 0.15) is 19.5 Å². The van der Waals surface area contributed by atoms with Crippen molar-refractivity contribution in [3.05, 3.63) is 91.5 Å². The SMILES string of the molecule is COC1(OC)[C@@]2(Cl)c3nc4cc([N+](=O)[O-])c([N+](=O)[O-])cc4nc3[C@]1(Cl)[C@@H]1C[C@H]3[C@@H](C[C@@H]12)[C@@]1(Cl)c2nc4cc5ccccc5cc4nc2[C@]3(Cl)C1(OC)OC. The van der Waals surface area contributed by atoms with E-state index in [-0.39, 0.29) is 22.4 Å². The monoisotopic (exact) mass is 812 g/mol. The number of aromatic nitrogens is 4. The second-order valence-corrected chi connectivity index (χ2v) is 17.1. The van der Waals surface area contributed by atoms with Gasteiger partial charge in [-0.25, -0.2) is 19.9 Å². The summed E-state index contributed by atoms with van der Waals surface area (Å²) >= 11 is 31.8. The van der Waals surface area contributed by atoms with Gasteiger partial charge in [-0.05, 0) is 59.4 Å². The summed E-state index contributed by atoms with van der Waals surface area (Å²) in [6.07, 6.45) is 0.593. The molecule has 3 aromatic carbocycles. The summed E-state index contributed by atoms with van der Waals surface area (Å²) in [4.78, 5) is 35.8. The van der Waals surface area contributed by atoms with E-state index < -0.39 is 76.0 Å². The van der Waals surface area contributed by atoms with E-state index in [2.05, 4.69) is 0 Å². The van der Waals surface area contributed by atoms with Gasteiger partial charge in [-0.3, -0.25) is 20.2 Å². The number of hydrogen-bond acceptors (Lipinski definition) is 12. The number of nitrogens with zero attached hydrogens (tertiary/aromatic N) is 6. The number of rotatable bonds is 6. The number of alkyl halides is 4. The third kappa shape index (κ3) is 3.38. The second-order valence-electron chi connectivity index (χ2n) is 14.7. The van der Waals surface area contributed by atoms with Crippen LogP contribution in [0.2, 0.25) is 0 Å². The van der Waals surface area contributed by atoms with Crippen molar-refractivity contribution in [1.29, 1.82) is 0 Å². The van der Waals surface area contributed by atoms with E-state index >= 15 is 0 Å². The van der Waals surface area contributed by atoms with Crippen LogP contribution in [0.1, 0.15) is 35.6 Å². The minimum absolute atomic E-state index is 0.0140. The molecule has 14 nitrogen and oxygen atoms in total. The maximum atomic E-state index is 11.9. The Kier molecular flexibility index (Phi) is 6.85. The van der Waals surface area contributed by atoms with Gasteiger partial charge in [-0.1, -0.05) is 24.3 Å². The van der Waals surface area contributed by atoms with Crippen molar-refractivity contribution in [2.75, 3.05) is 28.4 Å². The fraction of sp³-hybridized carbons (Fsp3) is 0.444. The summed E-state index contributed by atoms with van der Waals surface area (Å²) in [7, 11) is 5.85. The average Bonchev–Trinajstić information content (AvgIpc) is 3.61. The number of nitro benzene ring substituents is 2. The van der Waals surface area contributed by atoms with Gasteiger partial charge in [0, 0.05) is 28.4 Å². The van der Waals surface area contributed by atoms with Crippen molar-refractivity contribution in [3.63, 3.8) is 0 Å². The van der Waals surface area contributed by atoms with Crippen molar-refractivity contribution in [2.24, 2.45) is 23.7 Å². The quantitative estimate of drug-likeness (QED) is 0.0552. The zero-order chi connectivity index (χ0) is 38.1. The van der Waals surface area contributed by atoms with Crippen LogP contribution in [-0.4, -0.2) is 69.8 Å². The molecule has 0 spiro atoms. The van der Waals surface area contributed by atoms with Gasteiger partial charge in [0.05, 0.1) is 66.8 Å². The van der Waals surface area contributed by atoms with Crippen LogP contribution >= 0.6 is 46.4 Å². The first-order chi connectivity index (χ1) is 25.7. The summed E-state index contributed by atoms with van der Waals surface area (Å²) in [6, 6.07) is 13.9.